The molecular formula is C16H30N4O. The number of hydrogen-bond acceptors (Lipinski definition) is 4. The van der Waals surface area contributed by atoms with Crippen molar-refractivity contribution in [1.29, 1.82) is 0 Å². The molecule has 1 fully saturated rings. The maximum atomic E-state index is 5.49. The molecule has 21 heavy (non-hydrogen) atoms. The molecule has 1 aliphatic carbocycles. The topological polar surface area (TPSA) is 52.0 Å². The van der Waals surface area contributed by atoms with Gasteiger partial charge in [-0.05, 0) is 40.0 Å². The van der Waals surface area contributed by atoms with Crippen LogP contribution in [-0.4, -0.2) is 33.5 Å². The minimum absolute atomic E-state index is 0.0938. The van der Waals surface area contributed by atoms with Crippen LogP contribution in [0.15, 0.2) is 6.33 Å². The van der Waals surface area contributed by atoms with Crippen molar-refractivity contribution in [2.45, 2.75) is 83.5 Å². The van der Waals surface area contributed by atoms with Crippen LogP contribution in [0.1, 0.15) is 71.2 Å². The Morgan fingerprint density at radius 2 is 2.10 bits per heavy atom. The van der Waals surface area contributed by atoms with Crippen molar-refractivity contribution in [2.75, 3.05) is 7.11 Å². The van der Waals surface area contributed by atoms with Gasteiger partial charge in [0, 0.05) is 19.2 Å². The highest BCUT2D eigenvalue weighted by Gasteiger charge is 2.21. The molecular weight excluding hydrogens is 264 g/mol. The lowest BCUT2D eigenvalue weighted by Crippen LogP contribution is -2.36. The lowest BCUT2D eigenvalue weighted by atomic mass is 9.95. The molecule has 120 valence electrons. The van der Waals surface area contributed by atoms with Gasteiger partial charge in [0.15, 0.2) is 0 Å². The Labute approximate surface area is 128 Å². The summed E-state index contributed by atoms with van der Waals surface area (Å²) in [5.41, 5.74) is -0.0938. The Bertz CT molecular complexity index is 424. The van der Waals surface area contributed by atoms with Crippen LogP contribution in [0.25, 0.3) is 0 Å². The summed E-state index contributed by atoms with van der Waals surface area (Å²) in [7, 11) is 1.77. The highest BCUT2D eigenvalue weighted by molar-refractivity contribution is 4.91. The van der Waals surface area contributed by atoms with Crippen LogP contribution in [0.2, 0.25) is 0 Å². The summed E-state index contributed by atoms with van der Waals surface area (Å²) in [4.78, 5) is 0. The Hall–Kier alpha value is -0.940. The Morgan fingerprint density at radius 3 is 2.76 bits per heavy atom. The van der Waals surface area contributed by atoms with Gasteiger partial charge in [-0.3, -0.25) is 0 Å². The SMILES string of the molecule is COC(C)(C)C[C@H](C)NCc1nncn1C1CCCCC1. The van der Waals surface area contributed by atoms with E-state index in [0.29, 0.717) is 12.1 Å². The largest absolute Gasteiger partial charge is 0.379 e. The van der Waals surface area contributed by atoms with Gasteiger partial charge < -0.3 is 14.6 Å². The van der Waals surface area contributed by atoms with Gasteiger partial charge in [0.25, 0.3) is 0 Å². The number of aromatic nitrogens is 3. The van der Waals surface area contributed by atoms with Gasteiger partial charge in [0.2, 0.25) is 0 Å². The van der Waals surface area contributed by atoms with Crippen molar-refractivity contribution in [2.24, 2.45) is 0 Å². The maximum absolute atomic E-state index is 5.49. The molecule has 2 rings (SSSR count). The van der Waals surface area contributed by atoms with Crippen LogP contribution < -0.4 is 5.32 Å². The number of ether oxygens (including phenoxy) is 1. The second kappa shape index (κ2) is 7.36. The first-order valence-corrected chi connectivity index (χ1v) is 8.19. The minimum Gasteiger partial charge on any atom is -0.379 e. The predicted molar refractivity (Wildman–Crippen MR) is 84.2 cm³/mol. The van der Waals surface area contributed by atoms with E-state index in [0.717, 1.165) is 18.8 Å². The normalized spacial score (nSPS) is 18.9. The summed E-state index contributed by atoms with van der Waals surface area (Å²) in [6.45, 7) is 7.21. The lowest BCUT2D eigenvalue weighted by molar-refractivity contribution is 0.00836. The van der Waals surface area contributed by atoms with Crippen LogP contribution in [0.5, 0.6) is 0 Å². The van der Waals surface area contributed by atoms with Crippen molar-refractivity contribution in [3.05, 3.63) is 12.2 Å². The molecule has 1 saturated carbocycles. The van der Waals surface area contributed by atoms with Crippen LogP contribution >= 0.6 is 0 Å². The third kappa shape index (κ3) is 4.78. The Morgan fingerprint density at radius 1 is 1.38 bits per heavy atom. The summed E-state index contributed by atoms with van der Waals surface area (Å²) in [5.74, 6) is 1.06. The highest BCUT2D eigenvalue weighted by atomic mass is 16.5. The molecule has 0 bridgehead atoms. The highest BCUT2D eigenvalue weighted by Crippen LogP contribution is 2.28. The molecule has 5 heteroatoms. The fraction of sp³-hybridized carbons (Fsp3) is 0.875. The van der Waals surface area contributed by atoms with E-state index in [1.165, 1.54) is 32.1 Å². The van der Waals surface area contributed by atoms with Gasteiger partial charge in [0.05, 0.1) is 12.1 Å². The summed E-state index contributed by atoms with van der Waals surface area (Å²) >= 11 is 0. The standard InChI is InChI=1S/C16H30N4O/c1-13(10-16(2,3)21-4)17-11-15-19-18-12-20(15)14-8-6-5-7-9-14/h12-14,17H,5-11H2,1-4H3/t13-/m0/s1. The van der Waals surface area contributed by atoms with Gasteiger partial charge >= 0.3 is 0 Å². The summed E-state index contributed by atoms with van der Waals surface area (Å²) in [6, 6.07) is 0.979. The van der Waals surface area contributed by atoms with Gasteiger partial charge in [-0.15, -0.1) is 10.2 Å². The average Bonchev–Trinajstić information content (AvgIpc) is 2.94. The molecule has 0 amide bonds. The van der Waals surface area contributed by atoms with Crippen molar-refractivity contribution < 1.29 is 4.74 Å². The smallest absolute Gasteiger partial charge is 0.147 e. The fourth-order valence-electron chi connectivity index (χ4n) is 3.22. The Kier molecular flexibility index (Phi) is 5.76. The van der Waals surface area contributed by atoms with Crippen molar-refractivity contribution in [3.8, 4) is 0 Å². The number of nitrogens with zero attached hydrogens (tertiary/aromatic N) is 3. The van der Waals surface area contributed by atoms with Gasteiger partial charge in [-0.1, -0.05) is 19.3 Å². The van der Waals surface area contributed by atoms with E-state index in [1.54, 1.807) is 7.11 Å². The van der Waals surface area contributed by atoms with Crippen LogP contribution in [0, 0.1) is 0 Å². The van der Waals surface area contributed by atoms with Crippen LogP contribution in [-0.2, 0) is 11.3 Å². The van der Waals surface area contributed by atoms with Crippen LogP contribution in [0.3, 0.4) is 0 Å². The molecule has 0 unspecified atom stereocenters. The zero-order valence-electron chi connectivity index (χ0n) is 13.9. The monoisotopic (exact) mass is 294 g/mol. The molecule has 1 N–H and O–H groups in total. The van der Waals surface area contributed by atoms with E-state index in [-0.39, 0.29) is 5.60 Å². The van der Waals surface area contributed by atoms with Crippen molar-refractivity contribution in [1.82, 2.24) is 20.1 Å². The fourth-order valence-corrected chi connectivity index (χ4v) is 3.22. The minimum atomic E-state index is -0.0938. The Balaban J connectivity index is 1.87. The molecule has 0 radical (unpaired) electrons. The second-order valence-electron chi connectivity index (χ2n) is 6.90. The van der Waals surface area contributed by atoms with E-state index in [1.807, 2.05) is 6.33 Å². The molecule has 1 aliphatic rings. The van der Waals surface area contributed by atoms with E-state index in [9.17, 15) is 0 Å². The molecule has 0 aromatic carbocycles. The van der Waals surface area contributed by atoms with Gasteiger partial charge in [-0.25, -0.2) is 0 Å². The first-order chi connectivity index (χ1) is 10.0. The maximum Gasteiger partial charge on any atom is 0.147 e. The van der Waals surface area contributed by atoms with Gasteiger partial charge in [0.1, 0.15) is 12.2 Å². The molecule has 0 aliphatic heterocycles. The summed E-state index contributed by atoms with van der Waals surface area (Å²) < 4.78 is 7.77. The molecule has 1 heterocycles. The summed E-state index contributed by atoms with van der Waals surface area (Å²) in [5, 5.41) is 12.0. The average molecular weight is 294 g/mol. The van der Waals surface area contributed by atoms with Crippen LogP contribution in [0.4, 0.5) is 0 Å². The lowest BCUT2D eigenvalue weighted by Gasteiger charge is -2.27. The summed E-state index contributed by atoms with van der Waals surface area (Å²) in [6.07, 6.45) is 9.42. The molecule has 1 atom stereocenters. The molecule has 5 nitrogen and oxygen atoms in total. The molecule has 0 saturated heterocycles. The second-order valence-corrected chi connectivity index (χ2v) is 6.90. The zero-order chi connectivity index (χ0) is 15.3. The zero-order valence-corrected chi connectivity index (χ0v) is 13.9. The third-order valence-corrected chi connectivity index (χ3v) is 4.57. The number of methoxy groups -OCH3 is 1. The van der Waals surface area contributed by atoms with E-state index in [2.05, 4.69) is 40.9 Å². The number of hydrogen-bond donors (Lipinski definition) is 1. The van der Waals surface area contributed by atoms with E-state index in [4.69, 9.17) is 4.74 Å². The van der Waals surface area contributed by atoms with Crippen molar-refractivity contribution in [3.63, 3.8) is 0 Å². The number of rotatable bonds is 7. The van der Waals surface area contributed by atoms with Crippen molar-refractivity contribution >= 4 is 0 Å². The quantitative estimate of drug-likeness (QED) is 0.839. The molecule has 0 spiro atoms. The third-order valence-electron chi connectivity index (χ3n) is 4.57. The predicted octanol–water partition coefficient (Wildman–Crippen LogP) is 3.08. The molecule has 1 aromatic heterocycles. The number of nitrogens with one attached hydrogen (secondary N) is 1. The van der Waals surface area contributed by atoms with Gasteiger partial charge in [-0.2, -0.15) is 0 Å². The van der Waals surface area contributed by atoms with E-state index >= 15 is 0 Å². The van der Waals surface area contributed by atoms with E-state index < -0.39 is 0 Å². The first kappa shape index (κ1) is 16.4. The molecule has 1 aromatic rings. The first-order valence-electron chi connectivity index (χ1n) is 8.19.